The van der Waals surface area contributed by atoms with E-state index < -0.39 is 4.92 Å². The summed E-state index contributed by atoms with van der Waals surface area (Å²) in [6.07, 6.45) is 1.05. The van der Waals surface area contributed by atoms with E-state index in [1.165, 1.54) is 4.68 Å². The van der Waals surface area contributed by atoms with Gasteiger partial charge in [-0.2, -0.15) is 4.98 Å². The Morgan fingerprint density at radius 1 is 1.59 bits per heavy atom. The number of nitro groups is 1. The van der Waals surface area contributed by atoms with Crippen LogP contribution in [0.4, 0.5) is 11.6 Å². The van der Waals surface area contributed by atoms with Crippen molar-refractivity contribution in [3.05, 3.63) is 16.3 Å². The molecular weight excluding hydrogens is 248 g/mol. The van der Waals surface area contributed by atoms with Crippen LogP contribution in [0.15, 0.2) is 16.4 Å². The highest BCUT2D eigenvalue weighted by Crippen LogP contribution is 2.30. The van der Waals surface area contributed by atoms with Gasteiger partial charge in [0.1, 0.15) is 6.20 Å². The van der Waals surface area contributed by atoms with Crippen LogP contribution in [0.2, 0.25) is 0 Å². The van der Waals surface area contributed by atoms with Crippen molar-refractivity contribution in [2.75, 3.05) is 5.73 Å². The molecular formula is C6H6N8O2S. The normalized spacial score (nSPS) is 10.4. The fraction of sp³-hybridized carbons (Fsp3) is 0.167. The van der Waals surface area contributed by atoms with Crippen molar-refractivity contribution in [1.82, 2.24) is 30.2 Å². The van der Waals surface area contributed by atoms with Gasteiger partial charge in [0, 0.05) is 7.05 Å². The predicted octanol–water partition coefficient (Wildman–Crippen LogP) is -0.358. The van der Waals surface area contributed by atoms with E-state index in [2.05, 4.69) is 25.5 Å². The molecule has 2 N–H and O–H groups in total. The number of nitrogens with two attached hydrogens (primary N) is 1. The zero-order chi connectivity index (χ0) is 12.4. The molecule has 2 aromatic rings. The van der Waals surface area contributed by atoms with E-state index in [1.807, 2.05) is 0 Å². The largest absolute Gasteiger partial charge is 0.368 e. The maximum atomic E-state index is 10.8. The van der Waals surface area contributed by atoms with E-state index in [0.29, 0.717) is 5.16 Å². The Balaban J connectivity index is 2.41. The Morgan fingerprint density at radius 2 is 2.35 bits per heavy atom. The van der Waals surface area contributed by atoms with Crippen LogP contribution in [-0.2, 0) is 7.05 Å². The first-order valence-electron chi connectivity index (χ1n) is 4.25. The highest BCUT2D eigenvalue weighted by Gasteiger charge is 2.20. The number of aryl methyl sites for hydroxylation is 1. The zero-order valence-corrected chi connectivity index (χ0v) is 9.33. The molecule has 11 heteroatoms. The molecule has 0 bridgehead atoms. The topological polar surface area (TPSA) is 139 Å². The predicted molar refractivity (Wildman–Crippen MR) is 56.0 cm³/mol. The molecule has 0 atom stereocenters. The summed E-state index contributed by atoms with van der Waals surface area (Å²) in [6.45, 7) is 0. The lowest BCUT2D eigenvalue weighted by Crippen LogP contribution is -2.01. The van der Waals surface area contributed by atoms with Crippen molar-refractivity contribution >= 4 is 23.4 Å². The smallest absolute Gasteiger partial charge is 0.320 e. The van der Waals surface area contributed by atoms with Gasteiger partial charge >= 0.3 is 5.69 Å². The fourth-order valence-corrected chi connectivity index (χ4v) is 1.76. The standard InChI is InChI=1S/C6H6N8O2S/c1-13-6(10-11-12-13)17-4-3(14(15)16)2-8-5(7)9-4/h2H,1H3,(H2,7,8,9). The summed E-state index contributed by atoms with van der Waals surface area (Å²) in [5, 5.41) is 21.9. The van der Waals surface area contributed by atoms with Crippen LogP contribution in [-0.4, -0.2) is 35.1 Å². The number of rotatable bonds is 3. The van der Waals surface area contributed by atoms with Gasteiger partial charge in [-0.15, -0.1) is 5.10 Å². The molecule has 2 rings (SSSR count). The van der Waals surface area contributed by atoms with Crippen molar-refractivity contribution in [2.24, 2.45) is 7.05 Å². The minimum absolute atomic E-state index is 0.0479. The lowest BCUT2D eigenvalue weighted by Gasteiger charge is -2.00. The molecule has 88 valence electrons. The van der Waals surface area contributed by atoms with Crippen molar-refractivity contribution in [3.63, 3.8) is 0 Å². The van der Waals surface area contributed by atoms with Crippen molar-refractivity contribution in [2.45, 2.75) is 10.2 Å². The maximum Gasteiger partial charge on any atom is 0.320 e. The lowest BCUT2D eigenvalue weighted by molar-refractivity contribution is -0.388. The monoisotopic (exact) mass is 254 g/mol. The molecule has 0 unspecified atom stereocenters. The number of aromatic nitrogens is 6. The second-order valence-corrected chi connectivity index (χ2v) is 3.82. The third-order valence-electron chi connectivity index (χ3n) is 1.72. The minimum Gasteiger partial charge on any atom is -0.368 e. The molecule has 0 amide bonds. The van der Waals surface area contributed by atoms with Crippen LogP contribution in [0.25, 0.3) is 0 Å². The van der Waals surface area contributed by atoms with Crippen LogP contribution in [0, 0.1) is 10.1 Å². The number of nitrogen functional groups attached to an aromatic ring is 1. The first-order valence-corrected chi connectivity index (χ1v) is 5.06. The second kappa shape index (κ2) is 4.29. The minimum atomic E-state index is -0.592. The molecule has 0 saturated heterocycles. The fourth-order valence-electron chi connectivity index (χ4n) is 0.967. The first-order chi connectivity index (χ1) is 8.08. The summed E-state index contributed by atoms with van der Waals surface area (Å²) in [7, 11) is 1.61. The Morgan fingerprint density at radius 3 is 2.94 bits per heavy atom. The van der Waals surface area contributed by atoms with Gasteiger partial charge in [0.2, 0.25) is 11.1 Å². The van der Waals surface area contributed by atoms with Crippen LogP contribution in [0.5, 0.6) is 0 Å². The SMILES string of the molecule is Cn1nnnc1Sc1nc(N)ncc1[N+](=O)[O-]. The van der Waals surface area contributed by atoms with E-state index >= 15 is 0 Å². The van der Waals surface area contributed by atoms with E-state index in [-0.39, 0.29) is 16.7 Å². The van der Waals surface area contributed by atoms with Crippen LogP contribution >= 0.6 is 11.8 Å². The third-order valence-corrected chi connectivity index (χ3v) is 2.74. The van der Waals surface area contributed by atoms with Crippen molar-refractivity contribution < 1.29 is 4.92 Å². The van der Waals surface area contributed by atoms with Gasteiger partial charge in [0.05, 0.1) is 4.92 Å². The molecule has 0 saturated carbocycles. The van der Waals surface area contributed by atoms with Crippen molar-refractivity contribution in [1.29, 1.82) is 0 Å². The quantitative estimate of drug-likeness (QED) is 0.441. The van der Waals surface area contributed by atoms with Crippen LogP contribution < -0.4 is 5.73 Å². The molecule has 2 aromatic heterocycles. The van der Waals surface area contributed by atoms with Gasteiger partial charge < -0.3 is 5.73 Å². The van der Waals surface area contributed by atoms with Gasteiger partial charge in [0.15, 0.2) is 5.03 Å². The molecule has 0 fully saturated rings. The molecule has 0 radical (unpaired) electrons. The van der Waals surface area contributed by atoms with E-state index in [0.717, 1.165) is 18.0 Å². The molecule has 0 aromatic carbocycles. The lowest BCUT2D eigenvalue weighted by atomic mass is 10.5. The van der Waals surface area contributed by atoms with E-state index in [1.54, 1.807) is 7.05 Å². The van der Waals surface area contributed by atoms with Gasteiger partial charge in [-0.05, 0) is 22.2 Å². The summed E-state index contributed by atoms with van der Waals surface area (Å²) in [4.78, 5) is 17.5. The molecule has 17 heavy (non-hydrogen) atoms. The number of anilines is 1. The molecule has 0 aliphatic heterocycles. The van der Waals surface area contributed by atoms with Crippen molar-refractivity contribution in [3.8, 4) is 0 Å². The average Bonchev–Trinajstić information content (AvgIpc) is 2.64. The highest BCUT2D eigenvalue weighted by atomic mass is 32.2. The summed E-state index contributed by atoms with van der Waals surface area (Å²) in [5.74, 6) is -0.0479. The molecule has 0 aliphatic rings. The summed E-state index contributed by atoms with van der Waals surface area (Å²) in [6, 6.07) is 0. The maximum absolute atomic E-state index is 10.8. The van der Waals surface area contributed by atoms with Gasteiger partial charge in [-0.25, -0.2) is 9.67 Å². The summed E-state index contributed by atoms with van der Waals surface area (Å²) in [5.41, 5.74) is 5.13. The highest BCUT2D eigenvalue weighted by molar-refractivity contribution is 7.99. The molecule has 0 aliphatic carbocycles. The number of hydrogen-bond acceptors (Lipinski definition) is 9. The first kappa shape index (κ1) is 11.2. The molecule has 2 heterocycles. The average molecular weight is 254 g/mol. The van der Waals surface area contributed by atoms with Gasteiger partial charge in [-0.1, -0.05) is 0 Å². The summed E-state index contributed by atoms with van der Waals surface area (Å²) >= 11 is 0.944. The van der Waals surface area contributed by atoms with E-state index in [4.69, 9.17) is 5.73 Å². The molecule has 0 spiro atoms. The van der Waals surface area contributed by atoms with Gasteiger partial charge in [-0.3, -0.25) is 10.1 Å². The number of hydrogen-bond donors (Lipinski definition) is 1. The van der Waals surface area contributed by atoms with Crippen LogP contribution in [0.1, 0.15) is 0 Å². The number of nitrogens with zero attached hydrogens (tertiary/aromatic N) is 7. The summed E-state index contributed by atoms with van der Waals surface area (Å²) < 4.78 is 1.37. The second-order valence-electron chi connectivity index (χ2n) is 2.86. The third kappa shape index (κ3) is 2.28. The zero-order valence-electron chi connectivity index (χ0n) is 8.51. The Kier molecular flexibility index (Phi) is 2.82. The van der Waals surface area contributed by atoms with Crippen LogP contribution in [0.3, 0.4) is 0 Å². The Labute approximate surface area is 98.4 Å². The molecule has 10 nitrogen and oxygen atoms in total. The van der Waals surface area contributed by atoms with Gasteiger partial charge in [0.25, 0.3) is 0 Å². The Bertz CT molecular complexity index is 569. The number of tetrazole rings is 1. The Hall–Kier alpha value is -2.30. The van der Waals surface area contributed by atoms with E-state index in [9.17, 15) is 10.1 Å².